The number of anilines is 2. The number of carbonyl (C=O) groups excluding carboxylic acids is 3. The molecule has 0 saturated heterocycles. The second kappa shape index (κ2) is 14.1. The average Bonchev–Trinajstić information content (AvgIpc) is 2.96. The van der Waals surface area contributed by atoms with Gasteiger partial charge in [0.15, 0.2) is 0 Å². The van der Waals surface area contributed by atoms with E-state index in [1.165, 1.54) is 30.0 Å². The minimum atomic E-state index is -0.569. The topological polar surface area (TPSA) is 87.3 Å². The lowest BCUT2D eigenvalue weighted by molar-refractivity contribution is -0.115. The molecule has 1 unspecified atom stereocenters. The molecule has 0 spiro atoms. The minimum absolute atomic E-state index is 0.0601. The Morgan fingerprint density at radius 3 is 2.29 bits per heavy atom. The highest BCUT2D eigenvalue weighted by Gasteiger charge is 2.18. The smallest absolute Gasteiger partial charge is 0.272 e. The molecule has 3 N–H and O–H groups in total. The summed E-state index contributed by atoms with van der Waals surface area (Å²) in [4.78, 5) is 39.6. The quantitative estimate of drug-likeness (QED) is 0.127. The van der Waals surface area contributed by atoms with Crippen LogP contribution in [0.3, 0.4) is 0 Å². The van der Waals surface area contributed by atoms with E-state index in [1.54, 1.807) is 61.5 Å². The average molecular weight is 653 g/mol. The third kappa shape index (κ3) is 8.78. The molecular weight excluding hydrogens is 629 g/mol. The number of nitrogens with one attached hydrogen (secondary N) is 3. The number of halogens is 3. The highest BCUT2D eigenvalue weighted by atomic mass is 79.9. The molecule has 10 heteroatoms. The van der Waals surface area contributed by atoms with Crippen molar-refractivity contribution in [3.63, 3.8) is 0 Å². The molecule has 4 aromatic carbocycles. The molecule has 0 saturated carbocycles. The molecule has 208 valence electrons. The molecule has 4 aromatic rings. The van der Waals surface area contributed by atoms with E-state index in [4.69, 9.17) is 11.6 Å². The Morgan fingerprint density at radius 2 is 1.59 bits per heavy atom. The first kappa shape index (κ1) is 30.0. The zero-order valence-corrected chi connectivity index (χ0v) is 24.8. The van der Waals surface area contributed by atoms with Crippen molar-refractivity contribution in [1.82, 2.24) is 5.32 Å². The van der Waals surface area contributed by atoms with Gasteiger partial charge < -0.3 is 16.0 Å². The summed E-state index contributed by atoms with van der Waals surface area (Å²) >= 11 is 10.5. The van der Waals surface area contributed by atoms with Gasteiger partial charge in [0.2, 0.25) is 5.91 Å². The van der Waals surface area contributed by atoms with Crippen molar-refractivity contribution < 1.29 is 18.8 Å². The molecule has 0 fully saturated rings. The SMILES string of the molecule is CC(Sc1cccc(NC(=O)/C(=C/c2ccc(Br)cc2)NC(=O)c2ccccc2)c1)C(=O)Nc1ccc(F)c(Cl)c1. The van der Waals surface area contributed by atoms with Gasteiger partial charge in [-0.2, -0.15) is 0 Å². The van der Waals surface area contributed by atoms with Gasteiger partial charge >= 0.3 is 0 Å². The van der Waals surface area contributed by atoms with Gasteiger partial charge in [-0.05, 0) is 79.2 Å². The fraction of sp³-hybridized carbons (Fsp3) is 0.0645. The molecule has 41 heavy (non-hydrogen) atoms. The summed E-state index contributed by atoms with van der Waals surface area (Å²) in [6.07, 6.45) is 1.59. The monoisotopic (exact) mass is 651 g/mol. The summed E-state index contributed by atoms with van der Waals surface area (Å²) in [5.41, 5.74) is 2.06. The van der Waals surface area contributed by atoms with E-state index in [2.05, 4.69) is 31.9 Å². The molecule has 0 radical (unpaired) electrons. The molecule has 0 heterocycles. The fourth-order valence-electron chi connectivity index (χ4n) is 3.59. The Bertz CT molecular complexity index is 1600. The van der Waals surface area contributed by atoms with Crippen molar-refractivity contribution >= 4 is 74.5 Å². The van der Waals surface area contributed by atoms with E-state index in [9.17, 15) is 18.8 Å². The third-order valence-corrected chi connectivity index (χ3v) is 7.58. The maximum absolute atomic E-state index is 13.4. The van der Waals surface area contributed by atoms with E-state index < -0.39 is 22.9 Å². The van der Waals surface area contributed by atoms with Crippen LogP contribution in [-0.4, -0.2) is 23.0 Å². The lowest BCUT2D eigenvalue weighted by Gasteiger charge is -2.14. The van der Waals surface area contributed by atoms with Gasteiger partial charge in [-0.25, -0.2) is 4.39 Å². The van der Waals surface area contributed by atoms with Crippen LogP contribution in [0.25, 0.3) is 6.08 Å². The van der Waals surface area contributed by atoms with Crippen molar-refractivity contribution in [2.75, 3.05) is 10.6 Å². The molecule has 0 aliphatic rings. The lowest BCUT2D eigenvalue weighted by atomic mass is 10.1. The van der Waals surface area contributed by atoms with Gasteiger partial charge in [0.1, 0.15) is 11.5 Å². The van der Waals surface area contributed by atoms with Gasteiger partial charge in [-0.15, -0.1) is 11.8 Å². The second-order valence-electron chi connectivity index (χ2n) is 8.79. The summed E-state index contributed by atoms with van der Waals surface area (Å²) in [5, 5.41) is 7.67. The number of carbonyl (C=O) groups is 3. The van der Waals surface area contributed by atoms with Crippen LogP contribution in [0.2, 0.25) is 5.02 Å². The van der Waals surface area contributed by atoms with Gasteiger partial charge in [-0.1, -0.05) is 63.9 Å². The Balaban J connectivity index is 1.47. The zero-order chi connectivity index (χ0) is 29.4. The van der Waals surface area contributed by atoms with Crippen molar-refractivity contribution in [3.05, 3.63) is 129 Å². The Kier molecular flexibility index (Phi) is 10.3. The molecule has 0 aliphatic heterocycles. The molecule has 0 bridgehead atoms. The highest BCUT2D eigenvalue weighted by Crippen LogP contribution is 2.27. The number of benzene rings is 4. The summed E-state index contributed by atoms with van der Waals surface area (Å²) < 4.78 is 14.3. The molecule has 0 aliphatic carbocycles. The molecule has 0 aromatic heterocycles. The highest BCUT2D eigenvalue weighted by molar-refractivity contribution is 9.10. The van der Waals surface area contributed by atoms with Crippen molar-refractivity contribution in [2.45, 2.75) is 17.1 Å². The van der Waals surface area contributed by atoms with E-state index in [-0.39, 0.29) is 16.6 Å². The summed E-state index contributed by atoms with van der Waals surface area (Å²) in [5.74, 6) is -1.80. The molecule has 3 amide bonds. The standard InChI is InChI=1S/C31H24BrClFN3O3S/c1-19(29(38)35-24-14-15-27(34)26(33)18-24)41-25-9-5-8-23(17-25)36-31(40)28(16-20-10-12-22(32)13-11-20)37-30(39)21-6-3-2-4-7-21/h2-19H,1H3,(H,35,38)(H,36,40)(H,37,39)/b28-16-. The van der Waals surface area contributed by atoms with Crippen LogP contribution in [-0.2, 0) is 9.59 Å². The second-order valence-corrected chi connectivity index (χ2v) is 11.5. The van der Waals surface area contributed by atoms with E-state index in [0.29, 0.717) is 16.9 Å². The molecular formula is C31H24BrClFN3O3S. The summed E-state index contributed by atoms with van der Waals surface area (Å²) in [6, 6.07) is 26.9. The van der Waals surface area contributed by atoms with Crippen LogP contribution < -0.4 is 16.0 Å². The first-order chi connectivity index (χ1) is 19.7. The molecule has 1 atom stereocenters. The first-order valence-corrected chi connectivity index (χ1v) is 14.4. The fourth-order valence-corrected chi connectivity index (χ4v) is 4.96. The van der Waals surface area contributed by atoms with Gasteiger partial charge in [0, 0.05) is 26.3 Å². The Hall–Kier alpha value is -3.92. The molecule has 6 nitrogen and oxygen atoms in total. The van der Waals surface area contributed by atoms with Crippen molar-refractivity contribution in [1.29, 1.82) is 0 Å². The van der Waals surface area contributed by atoms with Gasteiger partial charge in [0.25, 0.3) is 11.8 Å². The van der Waals surface area contributed by atoms with Crippen LogP contribution in [0.15, 0.2) is 112 Å². The van der Waals surface area contributed by atoms with E-state index in [1.807, 2.05) is 30.3 Å². The van der Waals surface area contributed by atoms with Gasteiger partial charge in [-0.3, -0.25) is 14.4 Å². The Morgan fingerprint density at radius 1 is 0.878 bits per heavy atom. The van der Waals surface area contributed by atoms with Crippen LogP contribution in [0, 0.1) is 5.82 Å². The van der Waals surface area contributed by atoms with Gasteiger partial charge in [0.05, 0.1) is 10.3 Å². The van der Waals surface area contributed by atoms with E-state index in [0.717, 1.165) is 14.9 Å². The Labute approximate surface area is 254 Å². The van der Waals surface area contributed by atoms with Crippen LogP contribution in [0.4, 0.5) is 15.8 Å². The van der Waals surface area contributed by atoms with Crippen LogP contribution in [0.1, 0.15) is 22.8 Å². The minimum Gasteiger partial charge on any atom is -0.325 e. The normalized spacial score (nSPS) is 11.9. The largest absolute Gasteiger partial charge is 0.325 e. The van der Waals surface area contributed by atoms with Crippen LogP contribution >= 0.6 is 39.3 Å². The predicted octanol–water partition coefficient (Wildman–Crippen LogP) is 7.77. The zero-order valence-electron chi connectivity index (χ0n) is 21.7. The van der Waals surface area contributed by atoms with Crippen LogP contribution in [0.5, 0.6) is 0 Å². The summed E-state index contributed by atoms with van der Waals surface area (Å²) in [6.45, 7) is 1.73. The predicted molar refractivity (Wildman–Crippen MR) is 166 cm³/mol. The maximum Gasteiger partial charge on any atom is 0.272 e. The number of rotatable bonds is 9. The van der Waals surface area contributed by atoms with Crippen molar-refractivity contribution in [3.8, 4) is 0 Å². The summed E-state index contributed by atoms with van der Waals surface area (Å²) in [7, 11) is 0. The number of thioether (sulfide) groups is 1. The van der Waals surface area contributed by atoms with E-state index >= 15 is 0 Å². The number of amides is 3. The lowest BCUT2D eigenvalue weighted by Crippen LogP contribution is -2.30. The number of hydrogen-bond acceptors (Lipinski definition) is 4. The van der Waals surface area contributed by atoms with Crippen molar-refractivity contribution in [2.24, 2.45) is 0 Å². The molecule has 4 rings (SSSR count). The maximum atomic E-state index is 13.4. The third-order valence-electron chi connectivity index (χ3n) is 5.67. The number of hydrogen-bond donors (Lipinski definition) is 3. The first-order valence-electron chi connectivity index (χ1n) is 12.4.